The molecule has 5 N–H and O–H groups in total. The minimum absolute atomic E-state index is 0.0632. The smallest absolute Gasteiger partial charge is 0.326 e. The van der Waals surface area contributed by atoms with Crippen molar-refractivity contribution in [2.75, 3.05) is 0 Å². The number of carboxylic acid groups (broad SMARTS) is 1. The average molecular weight is 297 g/mol. The summed E-state index contributed by atoms with van der Waals surface area (Å²) >= 11 is 0. The highest BCUT2D eigenvalue weighted by atomic mass is 16.4. The van der Waals surface area contributed by atoms with Gasteiger partial charge in [0, 0.05) is 6.42 Å². The second kappa shape index (κ2) is 7.32. The number of primary amides is 1. The Morgan fingerprint density at radius 2 is 2.00 bits per heavy atom. The molecule has 0 aromatic carbocycles. The molecule has 116 valence electrons. The third-order valence-electron chi connectivity index (χ3n) is 2.82. The number of rotatable bonds is 7. The summed E-state index contributed by atoms with van der Waals surface area (Å²) in [6.45, 7) is 3.48. The first-order valence-corrected chi connectivity index (χ1v) is 6.44. The van der Waals surface area contributed by atoms with Crippen molar-refractivity contribution in [1.29, 1.82) is 0 Å². The number of carbonyl (C=O) groups is 3. The molecular formula is C13H19N3O5. The molecule has 21 heavy (non-hydrogen) atoms. The van der Waals surface area contributed by atoms with Crippen LogP contribution in [0.1, 0.15) is 37.3 Å². The fraction of sp³-hybridized carbons (Fsp3) is 0.462. The lowest BCUT2D eigenvalue weighted by atomic mass is 10.1. The largest absolute Gasteiger partial charge is 0.480 e. The van der Waals surface area contributed by atoms with Gasteiger partial charge in [-0.2, -0.15) is 0 Å². The lowest BCUT2D eigenvalue weighted by Gasteiger charge is -2.17. The zero-order chi connectivity index (χ0) is 16.0. The monoisotopic (exact) mass is 297 g/mol. The second-order valence-corrected chi connectivity index (χ2v) is 4.68. The van der Waals surface area contributed by atoms with Gasteiger partial charge in [-0.1, -0.05) is 0 Å². The van der Waals surface area contributed by atoms with Crippen molar-refractivity contribution in [2.24, 2.45) is 5.73 Å². The summed E-state index contributed by atoms with van der Waals surface area (Å²) in [5, 5.41) is 13.8. The van der Waals surface area contributed by atoms with Crippen LogP contribution in [0.5, 0.6) is 0 Å². The van der Waals surface area contributed by atoms with Crippen LogP contribution in [0.25, 0.3) is 0 Å². The van der Waals surface area contributed by atoms with E-state index < -0.39 is 30.0 Å². The van der Waals surface area contributed by atoms with Gasteiger partial charge in [0.15, 0.2) is 0 Å². The first-order chi connectivity index (χ1) is 9.79. The van der Waals surface area contributed by atoms with Crippen molar-refractivity contribution < 1.29 is 23.9 Å². The molecule has 3 amide bonds. The van der Waals surface area contributed by atoms with Crippen LogP contribution >= 0.6 is 0 Å². The van der Waals surface area contributed by atoms with E-state index >= 15 is 0 Å². The van der Waals surface area contributed by atoms with Gasteiger partial charge in [0.05, 0.1) is 6.04 Å². The van der Waals surface area contributed by atoms with Gasteiger partial charge in [-0.05, 0) is 32.4 Å². The van der Waals surface area contributed by atoms with Crippen LogP contribution in [0, 0.1) is 6.92 Å². The summed E-state index contributed by atoms with van der Waals surface area (Å²) in [6.07, 6.45) is -0.184. The standard InChI is InChI=1S/C13H19N3O5/c1-7-3-5-10(21-7)8(2)15-13(20)16-9(12(18)19)4-6-11(14)17/h3,5,8-9H,4,6H2,1-2H3,(H2,14,17)(H,18,19)(H2,15,16,20)/t8?,9-/m0/s1. The van der Waals surface area contributed by atoms with Gasteiger partial charge in [-0.3, -0.25) is 4.79 Å². The molecule has 0 saturated carbocycles. The van der Waals surface area contributed by atoms with Gasteiger partial charge in [0.25, 0.3) is 0 Å². The molecule has 0 aliphatic heterocycles. The number of amides is 3. The Labute approximate surface area is 121 Å². The summed E-state index contributed by atoms with van der Waals surface area (Å²) in [5.74, 6) is -0.577. The van der Waals surface area contributed by atoms with E-state index in [4.69, 9.17) is 15.3 Å². The van der Waals surface area contributed by atoms with E-state index in [0.29, 0.717) is 11.5 Å². The number of furan rings is 1. The maximum absolute atomic E-state index is 11.7. The fourth-order valence-corrected chi connectivity index (χ4v) is 1.70. The molecule has 0 aliphatic carbocycles. The molecule has 1 aromatic rings. The maximum atomic E-state index is 11.7. The molecule has 0 saturated heterocycles. The molecule has 1 rings (SSSR count). The number of carboxylic acids is 1. The van der Waals surface area contributed by atoms with E-state index in [1.165, 1.54) is 0 Å². The van der Waals surface area contributed by atoms with E-state index in [9.17, 15) is 14.4 Å². The fourth-order valence-electron chi connectivity index (χ4n) is 1.70. The number of aliphatic carboxylic acids is 1. The molecule has 1 heterocycles. The number of carbonyl (C=O) groups excluding carboxylic acids is 2. The van der Waals surface area contributed by atoms with Gasteiger partial charge in [0.2, 0.25) is 5.91 Å². The Balaban J connectivity index is 2.53. The summed E-state index contributed by atoms with van der Waals surface area (Å²) < 4.78 is 5.36. The van der Waals surface area contributed by atoms with Gasteiger partial charge in [0.1, 0.15) is 17.6 Å². The molecule has 0 bridgehead atoms. The molecule has 0 radical (unpaired) electrons. The molecule has 0 fully saturated rings. The minimum Gasteiger partial charge on any atom is -0.480 e. The summed E-state index contributed by atoms with van der Waals surface area (Å²) in [6, 6.07) is 1.24. The Kier molecular flexibility index (Phi) is 5.77. The van der Waals surface area contributed by atoms with Gasteiger partial charge < -0.3 is 25.9 Å². The lowest BCUT2D eigenvalue weighted by Crippen LogP contribution is -2.46. The number of aryl methyl sites for hydroxylation is 1. The molecule has 8 heteroatoms. The topological polar surface area (TPSA) is 135 Å². The van der Waals surface area contributed by atoms with E-state index in [0.717, 1.165) is 0 Å². The van der Waals surface area contributed by atoms with Crippen LogP contribution < -0.4 is 16.4 Å². The van der Waals surface area contributed by atoms with E-state index in [1.54, 1.807) is 26.0 Å². The molecule has 8 nitrogen and oxygen atoms in total. The van der Waals surface area contributed by atoms with E-state index in [1.807, 2.05) is 0 Å². The Bertz CT molecular complexity index is 526. The predicted octanol–water partition coefficient (Wildman–Crippen LogP) is 0.667. The highest BCUT2D eigenvalue weighted by Gasteiger charge is 2.22. The van der Waals surface area contributed by atoms with Crippen molar-refractivity contribution in [2.45, 2.75) is 38.8 Å². The number of hydrogen-bond donors (Lipinski definition) is 4. The molecule has 1 aromatic heterocycles. The minimum atomic E-state index is -1.23. The first kappa shape index (κ1) is 16.5. The van der Waals surface area contributed by atoms with Crippen molar-refractivity contribution in [3.8, 4) is 0 Å². The summed E-state index contributed by atoms with van der Waals surface area (Å²) in [4.78, 5) is 33.4. The van der Waals surface area contributed by atoms with Crippen molar-refractivity contribution >= 4 is 17.9 Å². The number of nitrogens with one attached hydrogen (secondary N) is 2. The number of hydrogen-bond acceptors (Lipinski definition) is 4. The summed E-state index contributed by atoms with van der Waals surface area (Å²) in [7, 11) is 0. The molecule has 2 atom stereocenters. The third kappa shape index (κ3) is 5.55. The molecular weight excluding hydrogens is 278 g/mol. The number of urea groups is 1. The third-order valence-corrected chi connectivity index (χ3v) is 2.82. The predicted molar refractivity (Wildman–Crippen MR) is 73.4 cm³/mol. The van der Waals surface area contributed by atoms with Crippen molar-refractivity contribution in [3.05, 3.63) is 23.7 Å². The highest BCUT2D eigenvalue weighted by molar-refractivity contribution is 5.83. The molecule has 0 aliphatic rings. The van der Waals surface area contributed by atoms with Crippen molar-refractivity contribution in [3.63, 3.8) is 0 Å². The average Bonchev–Trinajstić information content (AvgIpc) is 2.80. The Hall–Kier alpha value is -2.51. The van der Waals surface area contributed by atoms with E-state index in [2.05, 4.69) is 10.6 Å². The zero-order valence-electron chi connectivity index (χ0n) is 11.9. The van der Waals surface area contributed by atoms with E-state index in [-0.39, 0.29) is 12.8 Å². The molecule has 1 unspecified atom stereocenters. The van der Waals surface area contributed by atoms with Crippen LogP contribution in [-0.2, 0) is 9.59 Å². The Morgan fingerprint density at radius 3 is 2.48 bits per heavy atom. The highest BCUT2D eigenvalue weighted by Crippen LogP contribution is 2.15. The van der Waals surface area contributed by atoms with Crippen LogP contribution in [0.4, 0.5) is 4.79 Å². The Morgan fingerprint density at radius 1 is 1.33 bits per heavy atom. The second-order valence-electron chi connectivity index (χ2n) is 4.68. The van der Waals surface area contributed by atoms with Crippen LogP contribution in [0.3, 0.4) is 0 Å². The zero-order valence-corrected chi connectivity index (χ0v) is 11.9. The van der Waals surface area contributed by atoms with Crippen LogP contribution in [0.2, 0.25) is 0 Å². The van der Waals surface area contributed by atoms with Crippen LogP contribution in [0.15, 0.2) is 16.5 Å². The maximum Gasteiger partial charge on any atom is 0.326 e. The first-order valence-electron chi connectivity index (χ1n) is 6.44. The lowest BCUT2D eigenvalue weighted by molar-refractivity contribution is -0.139. The van der Waals surface area contributed by atoms with Gasteiger partial charge in [-0.25, -0.2) is 9.59 Å². The number of nitrogens with two attached hydrogens (primary N) is 1. The molecule has 0 spiro atoms. The quantitative estimate of drug-likeness (QED) is 0.586. The van der Waals surface area contributed by atoms with Gasteiger partial charge >= 0.3 is 12.0 Å². The SMILES string of the molecule is Cc1ccc(C(C)NC(=O)N[C@@H](CCC(N)=O)C(=O)O)o1. The van der Waals surface area contributed by atoms with Gasteiger partial charge in [-0.15, -0.1) is 0 Å². The summed E-state index contributed by atoms with van der Waals surface area (Å²) in [5.41, 5.74) is 4.96. The normalized spacial score (nSPS) is 13.2. The van der Waals surface area contributed by atoms with Crippen LogP contribution in [-0.4, -0.2) is 29.1 Å². The van der Waals surface area contributed by atoms with Crippen molar-refractivity contribution in [1.82, 2.24) is 10.6 Å².